The molecule has 0 saturated carbocycles. The van der Waals surface area contributed by atoms with Crippen molar-refractivity contribution in [3.63, 3.8) is 0 Å². The van der Waals surface area contributed by atoms with Gasteiger partial charge in [-0.2, -0.15) is 0 Å². The van der Waals surface area contributed by atoms with Gasteiger partial charge in [-0.1, -0.05) is 0 Å². The van der Waals surface area contributed by atoms with E-state index in [-0.39, 0.29) is 1.43 Å². The summed E-state index contributed by atoms with van der Waals surface area (Å²) in [6, 6.07) is 0. The van der Waals surface area contributed by atoms with Crippen LogP contribution in [0.5, 0.6) is 0 Å². The molecule has 6 heavy (non-hydrogen) atoms. The standard InChI is InChI=1S/C4H8N2.H2/c1-4(6)2-3-5;/h2-3,5H,6H2,1H3;1H/b4-2-,5-3?;. The Hall–Kier alpha value is -0.790. The highest BCUT2D eigenvalue weighted by Crippen LogP contribution is 1.70. The molecule has 0 atom stereocenters. The first-order chi connectivity index (χ1) is 2.77. The molecule has 3 N–H and O–H groups in total. The molecule has 0 amide bonds. The third-order valence-electron chi connectivity index (χ3n) is 0.346. The number of allylic oxidation sites excluding steroid dienone is 2. The van der Waals surface area contributed by atoms with E-state index in [0.717, 1.165) is 6.21 Å². The van der Waals surface area contributed by atoms with Crippen LogP contribution in [0.1, 0.15) is 8.35 Å². The lowest BCUT2D eigenvalue weighted by Gasteiger charge is -1.77. The predicted molar refractivity (Wildman–Crippen MR) is 28.8 cm³/mol. The molecule has 0 aliphatic carbocycles. The topological polar surface area (TPSA) is 49.9 Å². The van der Waals surface area contributed by atoms with Crippen LogP contribution in [0.4, 0.5) is 0 Å². The summed E-state index contributed by atoms with van der Waals surface area (Å²) in [5.74, 6) is 0. The maximum Gasteiger partial charge on any atom is 0.0194 e. The fourth-order valence-electron chi connectivity index (χ4n) is 0.131. The fraction of sp³-hybridized carbons (Fsp3) is 0.250. The highest BCUT2D eigenvalue weighted by Gasteiger charge is 1.64. The van der Waals surface area contributed by atoms with Crippen LogP contribution >= 0.6 is 0 Å². The third kappa shape index (κ3) is 3.21. The molecule has 0 aliphatic heterocycles. The lowest BCUT2D eigenvalue weighted by molar-refractivity contribution is 1.32. The number of nitrogens with two attached hydrogens (primary N) is 1. The molecule has 2 heteroatoms. The fourth-order valence-corrected chi connectivity index (χ4v) is 0.131. The van der Waals surface area contributed by atoms with E-state index in [9.17, 15) is 0 Å². The molecule has 0 aliphatic rings. The first-order valence-electron chi connectivity index (χ1n) is 1.70. The molecule has 0 saturated heterocycles. The van der Waals surface area contributed by atoms with Crippen LogP contribution in [0, 0.1) is 5.41 Å². The van der Waals surface area contributed by atoms with Crippen molar-refractivity contribution in [2.24, 2.45) is 5.73 Å². The zero-order chi connectivity index (χ0) is 4.99. The molecule has 0 heterocycles. The van der Waals surface area contributed by atoms with Crippen LogP contribution in [-0.2, 0) is 0 Å². The summed E-state index contributed by atoms with van der Waals surface area (Å²) in [4.78, 5) is 0. The van der Waals surface area contributed by atoms with Crippen molar-refractivity contribution < 1.29 is 1.43 Å². The van der Waals surface area contributed by atoms with Crippen LogP contribution in [0.25, 0.3) is 0 Å². The van der Waals surface area contributed by atoms with Crippen molar-refractivity contribution in [2.45, 2.75) is 6.92 Å². The van der Waals surface area contributed by atoms with Gasteiger partial charge in [0.2, 0.25) is 0 Å². The van der Waals surface area contributed by atoms with Gasteiger partial charge in [-0.25, -0.2) is 0 Å². The monoisotopic (exact) mass is 86.1 g/mol. The van der Waals surface area contributed by atoms with Crippen molar-refractivity contribution in [2.75, 3.05) is 0 Å². The largest absolute Gasteiger partial charge is 0.402 e. The van der Waals surface area contributed by atoms with Crippen LogP contribution in [-0.4, -0.2) is 6.21 Å². The van der Waals surface area contributed by atoms with Crippen molar-refractivity contribution in [3.05, 3.63) is 11.8 Å². The number of nitrogens with one attached hydrogen (secondary N) is 1. The minimum Gasteiger partial charge on any atom is -0.402 e. The van der Waals surface area contributed by atoms with Crippen molar-refractivity contribution in [1.82, 2.24) is 0 Å². The van der Waals surface area contributed by atoms with E-state index < -0.39 is 0 Å². The van der Waals surface area contributed by atoms with Gasteiger partial charge >= 0.3 is 0 Å². The number of hydrogen-bond donors (Lipinski definition) is 2. The van der Waals surface area contributed by atoms with Crippen LogP contribution < -0.4 is 5.73 Å². The highest BCUT2D eigenvalue weighted by molar-refractivity contribution is 5.68. The molecule has 36 valence electrons. The van der Waals surface area contributed by atoms with Crippen LogP contribution in [0.15, 0.2) is 11.8 Å². The van der Waals surface area contributed by atoms with E-state index >= 15 is 0 Å². The lowest BCUT2D eigenvalue weighted by atomic mass is 10.5. The molecule has 0 radical (unpaired) electrons. The second-order valence-electron chi connectivity index (χ2n) is 1.08. The average Bonchev–Trinajstić information content (AvgIpc) is 1.35. The normalized spacial score (nSPS) is 11.2. The molecule has 0 rings (SSSR count). The molecule has 2 nitrogen and oxygen atoms in total. The van der Waals surface area contributed by atoms with E-state index in [0.29, 0.717) is 5.70 Å². The first-order valence-corrected chi connectivity index (χ1v) is 1.70. The van der Waals surface area contributed by atoms with Gasteiger partial charge in [-0.3, -0.25) is 0 Å². The Morgan fingerprint density at radius 2 is 2.50 bits per heavy atom. The summed E-state index contributed by atoms with van der Waals surface area (Å²) in [6.07, 6.45) is 2.69. The van der Waals surface area contributed by atoms with Gasteiger partial charge in [0.05, 0.1) is 0 Å². The Morgan fingerprint density at radius 1 is 2.00 bits per heavy atom. The van der Waals surface area contributed by atoms with Gasteiger partial charge in [0.15, 0.2) is 0 Å². The third-order valence-corrected chi connectivity index (χ3v) is 0.346. The molecular formula is C4H10N2. The van der Waals surface area contributed by atoms with Gasteiger partial charge in [-0.05, 0) is 13.0 Å². The van der Waals surface area contributed by atoms with E-state index in [4.69, 9.17) is 11.1 Å². The second kappa shape index (κ2) is 2.45. The maximum atomic E-state index is 6.45. The Labute approximate surface area is 38.7 Å². The zero-order valence-electron chi connectivity index (χ0n) is 3.73. The SMILES string of the molecule is C/C(N)=C/C=N.[HH]. The maximum absolute atomic E-state index is 6.45. The van der Waals surface area contributed by atoms with E-state index in [1.165, 1.54) is 6.08 Å². The van der Waals surface area contributed by atoms with Gasteiger partial charge in [0.25, 0.3) is 0 Å². The molecule has 0 bridgehead atoms. The Bertz CT molecular complexity index is 73.8. The van der Waals surface area contributed by atoms with Gasteiger partial charge in [0.1, 0.15) is 0 Å². The zero-order valence-corrected chi connectivity index (χ0v) is 3.73. The van der Waals surface area contributed by atoms with E-state index in [1.54, 1.807) is 6.92 Å². The molecule has 0 aromatic rings. The van der Waals surface area contributed by atoms with Gasteiger partial charge in [0, 0.05) is 13.3 Å². The number of hydrogen-bond acceptors (Lipinski definition) is 2. The summed E-state index contributed by atoms with van der Waals surface area (Å²) < 4.78 is 0. The van der Waals surface area contributed by atoms with E-state index in [2.05, 4.69) is 0 Å². The summed E-state index contributed by atoms with van der Waals surface area (Å²) in [5.41, 5.74) is 5.78. The van der Waals surface area contributed by atoms with Crippen molar-refractivity contribution in [3.8, 4) is 0 Å². The average molecular weight is 86.1 g/mol. The predicted octanol–water partition coefficient (Wildman–Crippen LogP) is 0.744. The van der Waals surface area contributed by atoms with Gasteiger partial charge < -0.3 is 11.1 Å². The summed E-state index contributed by atoms with van der Waals surface area (Å²) in [6.45, 7) is 1.74. The molecule has 0 spiro atoms. The number of rotatable bonds is 1. The second-order valence-corrected chi connectivity index (χ2v) is 1.08. The van der Waals surface area contributed by atoms with Crippen LogP contribution in [0.2, 0.25) is 0 Å². The molecule has 0 unspecified atom stereocenters. The minimum absolute atomic E-state index is 0. The summed E-state index contributed by atoms with van der Waals surface area (Å²) in [5, 5.41) is 6.45. The quantitative estimate of drug-likeness (QED) is 0.454. The van der Waals surface area contributed by atoms with Crippen LogP contribution in [0.3, 0.4) is 0 Å². The van der Waals surface area contributed by atoms with Crippen molar-refractivity contribution in [1.29, 1.82) is 5.41 Å². The smallest absolute Gasteiger partial charge is 0.0194 e. The first kappa shape index (κ1) is 5.21. The Kier molecular flexibility index (Phi) is 2.13. The Balaban J connectivity index is 0. The van der Waals surface area contributed by atoms with Gasteiger partial charge in [-0.15, -0.1) is 0 Å². The molecular weight excluding hydrogens is 76.1 g/mol. The Morgan fingerprint density at radius 3 is 2.50 bits per heavy atom. The van der Waals surface area contributed by atoms with E-state index in [1.807, 2.05) is 0 Å². The minimum atomic E-state index is 0. The van der Waals surface area contributed by atoms with Crippen molar-refractivity contribution >= 4 is 6.21 Å². The molecule has 0 aromatic heterocycles. The highest BCUT2D eigenvalue weighted by atomic mass is 14.5. The molecule has 0 fully saturated rings. The lowest BCUT2D eigenvalue weighted by Crippen LogP contribution is -1.88. The molecule has 0 aromatic carbocycles. The summed E-state index contributed by atoms with van der Waals surface area (Å²) in [7, 11) is 0. The summed E-state index contributed by atoms with van der Waals surface area (Å²) >= 11 is 0.